The summed E-state index contributed by atoms with van der Waals surface area (Å²) in [5, 5.41) is 18.8. The summed E-state index contributed by atoms with van der Waals surface area (Å²) < 4.78 is 1.39. The molecule has 0 saturated carbocycles. The molecule has 60 valence electrons. The van der Waals surface area contributed by atoms with E-state index in [1.54, 1.807) is 6.92 Å². The van der Waals surface area contributed by atoms with Gasteiger partial charge in [0.05, 0.1) is 12.5 Å². The molecule has 0 bridgehead atoms. The number of rotatable bonds is 3. The first-order valence-corrected chi connectivity index (χ1v) is 3.13. The predicted octanol–water partition coefficient (Wildman–Crippen LogP) is -0.606. The number of tetrazole rings is 1. The fourth-order valence-corrected chi connectivity index (χ4v) is 0.623. The van der Waals surface area contributed by atoms with E-state index in [-0.39, 0.29) is 0 Å². The molecule has 1 unspecified atom stereocenters. The maximum absolute atomic E-state index is 10.3. The van der Waals surface area contributed by atoms with E-state index >= 15 is 0 Å². The van der Waals surface area contributed by atoms with Crippen molar-refractivity contribution in [1.29, 1.82) is 0 Å². The number of aliphatic carboxylic acids is 1. The molecule has 0 fully saturated rings. The quantitative estimate of drug-likeness (QED) is 0.631. The average molecular weight is 156 g/mol. The van der Waals surface area contributed by atoms with Gasteiger partial charge in [0.1, 0.15) is 6.33 Å². The van der Waals surface area contributed by atoms with Crippen molar-refractivity contribution in [2.75, 3.05) is 0 Å². The number of aromatic nitrogens is 4. The highest BCUT2D eigenvalue weighted by molar-refractivity contribution is 5.69. The maximum Gasteiger partial charge on any atom is 0.308 e. The lowest BCUT2D eigenvalue weighted by molar-refractivity contribution is -0.141. The second kappa shape index (κ2) is 3.09. The number of carboxylic acid groups (broad SMARTS) is 1. The second-order valence-electron chi connectivity index (χ2n) is 2.27. The van der Waals surface area contributed by atoms with E-state index in [1.807, 2.05) is 0 Å². The Kier molecular flexibility index (Phi) is 2.15. The van der Waals surface area contributed by atoms with Gasteiger partial charge in [-0.3, -0.25) is 4.79 Å². The number of hydrogen-bond acceptors (Lipinski definition) is 4. The Hall–Kier alpha value is -1.46. The highest BCUT2D eigenvalue weighted by Gasteiger charge is 2.11. The van der Waals surface area contributed by atoms with Crippen molar-refractivity contribution in [2.24, 2.45) is 5.92 Å². The minimum atomic E-state index is -0.847. The van der Waals surface area contributed by atoms with Crippen LogP contribution in [0.4, 0.5) is 0 Å². The van der Waals surface area contributed by atoms with Crippen LogP contribution in [0.25, 0.3) is 0 Å². The van der Waals surface area contributed by atoms with Gasteiger partial charge >= 0.3 is 5.97 Å². The molecule has 0 aliphatic heterocycles. The normalized spacial score (nSPS) is 12.8. The number of hydrogen-bond donors (Lipinski definition) is 1. The maximum atomic E-state index is 10.3. The van der Waals surface area contributed by atoms with E-state index in [9.17, 15) is 4.79 Å². The molecule has 0 amide bonds. The molecule has 1 aromatic rings. The monoisotopic (exact) mass is 156 g/mol. The van der Waals surface area contributed by atoms with Gasteiger partial charge in [-0.25, -0.2) is 4.68 Å². The molecular weight excluding hydrogens is 148 g/mol. The molecular formula is C5H8N4O2. The number of carbonyl (C=O) groups is 1. The number of nitrogens with zero attached hydrogens (tertiary/aromatic N) is 4. The molecule has 0 aromatic carbocycles. The summed E-state index contributed by atoms with van der Waals surface area (Å²) in [6, 6.07) is 0. The Labute approximate surface area is 62.8 Å². The molecule has 1 N–H and O–H groups in total. The molecule has 6 nitrogen and oxygen atoms in total. The summed E-state index contributed by atoms with van der Waals surface area (Å²) in [6.07, 6.45) is 1.39. The fourth-order valence-electron chi connectivity index (χ4n) is 0.623. The van der Waals surface area contributed by atoms with Crippen molar-refractivity contribution in [2.45, 2.75) is 13.5 Å². The van der Waals surface area contributed by atoms with Gasteiger partial charge in [0.2, 0.25) is 0 Å². The predicted molar refractivity (Wildman–Crippen MR) is 34.6 cm³/mol. The van der Waals surface area contributed by atoms with Gasteiger partial charge in [-0.15, -0.1) is 5.10 Å². The van der Waals surface area contributed by atoms with Gasteiger partial charge in [0.15, 0.2) is 0 Å². The molecule has 1 aromatic heterocycles. The van der Waals surface area contributed by atoms with Gasteiger partial charge in [0, 0.05) is 0 Å². The summed E-state index contributed by atoms with van der Waals surface area (Å²) in [5.74, 6) is -1.31. The zero-order valence-corrected chi connectivity index (χ0v) is 6.01. The lowest BCUT2D eigenvalue weighted by Crippen LogP contribution is -2.17. The van der Waals surface area contributed by atoms with E-state index in [0.717, 1.165) is 0 Å². The third-order valence-electron chi connectivity index (χ3n) is 1.27. The van der Waals surface area contributed by atoms with Gasteiger partial charge < -0.3 is 5.11 Å². The smallest absolute Gasteiger partial charge is 0.308 e. The van der Waals surface area contributed by atoms with Crippen molar-refractivity contribution in [3.05, 3.63) is 6.33 Å². The fraction of sp³-hybridized carbons (Fsp3) is 0.600. The van der Waals surface area contributed by atoms with Crippen molar-refractivity contribution >= 4 is 5.97 Å². The molecule has 1 rings (SSSR count). The summed E-state index contributed by atoms with van der Waals surface area (Å²) in [6.45, 7) is 1.91. The van der Waals surface area contributed by atoms with Crippen molar-refractivity contribution < 1.29 is 9.90 Å². The molecule has 0 aliphatic carbocycles. The lowest BCUT2D eigenvalue weighted by atomic mass is 10.2. The molecule has 1 atom stereocenters. The van der Waals surface area contributed by atoms with Crippen molar-refractivity contribution in [3.63, 3.8) is 0 Å². The second-order valence-corrected chi connectivity index (χ2v) is 2.27. The van der Waals surface area contributed by atoms with E-state index in [2.05, 4.69) is 15.5 Å². The first-order valence-electron chi connectivity index (χ1n) is 3.13. The third-order valence-corrected chi connectivity index (χ3v) is 1.27. The molecule has 0 saturated heterocycles. The van der Waals surface area contributed by atoms with Crippen LogP contribution in [0, 0.1) is 5.92 Å². The first-order chi connectivity index (χ1) is 5.20. The summed E-state index contributed by atoms with van der Waals surface area (Å²) in [7, 11) is 0. The van der Waals surface area contributed by atoms with Gasteiger partial charge in [-0.2, -0.15) is 0 Å². The third kappa shape index (κ3) is 1.99. The van der Waals surface area contributed by atoms with Crippen LogP contribution in [0.3, 0.4) is 0 Å². The van der Waals surface area contributed by atoms with Crippen molar-refractivity contribution in [3.8, 4) is 0 Å². The van der Waals surface area contributed by atoms with Gasteiger partial charge in [-0.05, 0) is 10.4 Å². The minimum Gasteiger partial charge on any atom is -0.481 e. The van der Waals surface area contributed by atoms with Crippen LogP contribution >= 0.6 is 0 Å². The Balaban J connectivity index is 2.50. The Bertz CT molecular complexity index is 233. The van der Waals surface area contributed by atoms with E-state index < -0.39 is 11.9 Å². The van der Waals surface area contributed by atoms with Gasteiger partial charge in [-0.1, -0.05) is 6.92 Å². The highest BCUT2D eigenvalue weighted by atomic mass is 16.4. The molecule has 0 spiro atoms. The Morgan fingerprint density at radius 3 is 3.00 bits per heavy atom. The number of carboxylic acids is 1. The molecule has 0 aliphatic rings. The van der Waals surface area contributed by atoms with E-state index in [0.29, 0.717) is 6.54 Å². The van der Waals surface area contributed by atoms with Crippen LogP contribution in [-0.2, 0) is 11.3 Å². The highest BCUT2D eigenvalue weighted by Crippen LogP contribution is 1.96. The topological polar surface area (TPSA) is 80.9 Å². The summed E-state index contributed by atoms with van der Waals surface area (Å²) in [5.41, 5.74) is 0. The first kappa shape index (κ1) is 7.64. The van der Waals surface area contributed by atoms with E-state index in [1.165, 1.54) is 11.0 Å². The SMILES string of the molecule is CC(Cn1cnnn1)C(=O)O. The molecule has 1 heterocycles. The molecule has 11 heavy (non-hydrogen) atoms. The minimum absolute atomic E-state index is 0.308. The Morgan fingerprint density at radius 1 is 1.82 bits per heavy atom. The molecule has 6 heteroatoms. The lowest BCUT2D eigenvalue weighted by Gasteiger charge is -2.02. The van der Waals surface area contributed by atoms with Gasteiger partial charge in [0.25, 0.3) is 0 Å². The standard InChI is InChI=1S/C5H8N4O2/c1-4(5(10)11)2-9-3-6-7-8-9/h3-4H,2H2,1H3,(H,10,11). The van der Waals surface area contributed by atoms with Crippen LogP contribution in [0.5, 0.6) is 0 Å². The van der Waals surface area contributed by atoms with E-state index in [4.69, 9.17) is 5.11 Å². The molecule has 0 radical (unpaired) electrons. The zero-order chi connectivity index (χ0) is 8.27. The zero-order valence-electron chi connectivity index (χ0n) is 6.01. The van der Waals surface area contributed by atoms with Crippen LogP contribution in [-0.4, -0.2) is 31.3 Å². The van der Waals surface area contributed by atoms with Crippen LogP contribution in [0.15, 0.2) is 6.33 Å². The summed E-state index contributed by atoms with van der Waals surface area (Å²) >= 11 is 0. The Morgan fingerprint density at radius 2 is 2.55 bits per heavy atom. The van der Waals surface area contributed by atoms with Crippen LogP contribution < -0.4 is 0 Å². The summed E-state index contributed by atoms with van der Waals surface area (Å²) in [4.78, 5) is 10.3. The van der Waals surface area contributed by atoms with Crippen molar-refractivity contribution in [1.82, 2.24) is 20.2 Å². The largest absolute Gasteiger partial charge is 0.481 e. The average Bonchev–Trinajstić information content (AvgIpc) is 2.39. The van der Waals surface area contributed by atoms with Crippen LogP contribution in [0.2, 0.25) is 0 Å². The van der Waals surface area contributed by atoms with Crippen LogP contribution in [0.1, 0.15) is 6.92 Å².